The van der Waals surface area contributed by atoms with Gasteiger partial charge in [-0.05, 0) is 49.4 Å². The minimum Gasteiger partial charge on any atom is -0.322 e. The molecule has 3 heterocycles. The second kappa shape index (κ2) is 7.22. The summed E-state index contributed by atoms with van der Waals surface area (Å²) in [5, 5.41) is 9.82. The van der Waals surface area contributed by atoms with Crippen LogP contribution in [0.25, 0.3) is 0 Å². The lowest BCUT2D eigenvalue weighted by Crippen LogP contribution is -2.52. The van der Waals surface area contributed by atoms with Gasteiger partial charge in [0.1, 0.15) is 6.04 Å². The number of nitrogens with zero attached hydrogens (tertiary/aromatic N) is 1. The molecule has 1 aromatic rings. The first-order valence-electron chi connectivity index (χ1n) is 10.8. The van der Waals surface area contributed by atoms with E-state index in [2.05, 4.69) is 22.0 Å². The third-order valence-corrected chi connectivity index (χ3v) is 7.22. The van der Waals surface area contributed by atoms with Gasteiger partial charge in [0.05, 0.1) is 0 Å². The highest BCUT2D eigenvalue weighted by atomic mass is 16.2. The van der Waals surface area contributed by atoms with Gasteiger partial charge in [-0.2, -0.15) is 0 Å². The van der Waals surface area contributed by atoms with Crippen LogP contribution in [0.3, 0.4) is 0 Å². The topological polar surface area (TPSA) is 90.5 Å². The maximum Gasteiger partial charge on any atom is 0.255 e. The molecule has 0 bridgehead atoms. The molecule has 1 saturated carbocycles. The van der Waals surface area contributed by atoms with Gasteiger partial charge in [0.15, 0.2) is 0 Å². The number of hydrogen-bond donors (Lipinski definition) is 3. The Morgan fingerprint density at radius 3 is 2.76 bits per heavy atom. The van der Waals surface area contributed by atoms with Crippen LogP contribution in [0.4, 0.5) is 0 Å². The number of carbonyl (C=O) groups excluding carboxylic acids is 3. The third kappa shape index (κ3) is 3.26. The van der Waals surface area contributed by atoms with Crippen LogP contribution in [-0.2, 0) is 22.7 Å². The van der Waals surface area contributed by atoms with Crippen LogP contribution in [0, 0.1) is 0 Å². The van der Waals surface area contributed by atoms with Crippen LogP contribution < -0.4 is 16.0 Å². The predicted octanol–water partition coefficient (Wildman–Crippen LogP) is 1.21. The fourth-order valence-electron chi connectivity index (χ4n) is 5.65. The van der Waals surface area contributed by atoms with Crippen molar-refractivity contribution < 1.29 is 14.4 Å². The minimum absolute atomic E-state index is 0.105. The first-order chi connectivity index (χ1) is 14.1. The zero-order valence-electron chi connectivity index (χ0n) is 16.6. The molecule has 154 valence electrons. The monoisotopic (exact) mass is 396 g/mol. The highest BCUT2D eigenvalue weighted by Crippen LogP contribution is 2.37. The van der Waals surface area contributed by atoms with E-state index in [9.17, 15) is 14.4 Å². The average Bonchev–Trinajstić information content (AvgIpc) is 3.42. The molecule has 0 radical (unpaired) electrons. The Hall–Kier alpha value is -2.25. The van der Waals surface area contributed by atoms with E-state index in [1.165, 1.54) is 25.7 Å². The summed E-state index contributed by atoms with van der Waals surface area (Å²) in [5.41, 5.74) is 3.00. The Balaban J connectivity index is 1.27. The number of imide groups is 1. The van der Waals surface area contributed by atoms with E-state index in [1.54, 1.807) is 4.90 Å². The molecule has 1 aliphatic carbocycles. The van der Waals surface area contributed by atoms with Crippen molar-refractivity contribution in [3.8, 4) is 0 Å². The number of hydrogen-bond acceptors (Lipinski definition) is 5. The summed E-state index contributed by atoms with van der Waals surface area (Å²) >= 11 is 0. The third-order valence-electron chi connectivity index (χ3n) is 7.22. The van der Waals surface area contributed by atoms with Gasteiger partial charge in [-0.3, -0.25) is 19.7 Å². The maximum absolute atomic E-state index is 13.0. The van der Waals surface area contributed by atoms with Crippen LogP contribution in [0.15, 0.2) is 18.2 Å². The largest absolute Gasteiger partial charge is 0.322 e. The molecule has 3 N–H and O–H groups in total. The second-order valence-electron chi connectivity index (χ2n) is 8.90. The van der Waals surface area contributed by atoms with Crippen LogP contribution in [0.1, 0.15) is 66.4 Å². The average molecular weight is 396 g/mol. The molecule has 3 aliphatic heterocycles. The van der Waals surface area contributed by atoms with E-state index >= 15 is 0 Å². The molecule has 5 rings (SSSR count). The first-order valence-corrected chi connectivity index (χ1v) is 10.8. The van der Waals surface area contributed by atoms with E-state index in [4.69, 9.17) is 0 Å². The zero-order chi connectivity index (χ0) is 20.0. The van der Waals surface area contributed by atoms with E-state index in [-0.39, 0.29) is 29.7 Å². The number of amides is 3. The second-order valence-corrected chi connectivity index (χ2v) is 8.90. The number of benzene rings is 1. The molecule has 1 aromatic carbocycles. The number of rotatable bonds is 4. The van der Waals surface area contributed by atoms with Crippen molar-refractivity contribution in [3.63, 3.8) is 0 Å². The number of nitrogens with one attached hydrogen (secondary N) is 3. The molecule has 2 unspecified atom stereocenters. The molecule has 3 amide bonds. The van der Waals surface area contributed by atoms with Gasteiger partial charge in [-0.1, -0.05) is 25.0 Å². The van der Waals surface area contributed by atoms with Crippen LogP contribution in [-0.4, -0.2) is 46.8 Å². The summed E-state index contributed by atoms with van der Waals surface area (Å²) in [6.07, 6.45) is 6.91. The molecule has 29 heavy (non-hydrogen) atoms. The molecule has 3 fully saturated rings. The molecule has 2 atom stereocenters. The van der Waals surface area contributed by atoms with Gasteiger partial charge in [0.25, 0.3) is 5.91 Å². The Morgan fingerprint density at radius 2 is 1.97 bits per heavy atom. The van der Waals surface area contributed by atoms with E-state index in [1.807, 2.05) is 12.1 Å². The highest BCUT2D eigenvalue weighted by Gasteiger charge is 2.44. The molecule has 0 aromatic heterocycles. The van der Waals surface area contributed by atoms with Crippen molar-refractivity contribution in [1.82, 2.24) is 20.9 Å². The summed E-state index contributed by atoms with van der Waals surface area (Å²) in [5.74, 6) is -0.726. The van der Waals surface area contributed by atoms with Crippen LogP contribution in [0.2, 0.25) is 0 Å². The first kappa shape index (κ1) is 18.8. The number of piperidine rings is 1. The van der Waals surface area contributed by atoms with Gasteiger partial charge < -0.3 is 15.5 Å². The number of fused-ring (bicyclic) bond motifs is 1. The van der Waals surface area contributed by atoms with Crippen molar-refractivity contribution in [3.05, 3.63) is 34.9 Å². The van der Waals surface area contributed by atoms with E-state index in [0.717, 1.165) is 30.6 Å². The van der Waals surface area contributed by atoms with Gasteiger partial charge in [0, 0.05) is 36.7 Å². The lowest BCUT2D eigenvalue weighted by Gasteiger charge is -2.32. The Morgan fingerprint density at radius 1 is 1.14 bits per heavy atom. The minimum atomic E-state index is -0.555. The summed E-state index contributed by atoms with van der Waals surface area (Å²) in [6, 6.07) is 5.99. The number of carbonyl (C=O) groups is 3. The van der Waals surface area contributed by atoms with Gasteiger partial charge in [-0.25, -0.2) is 0 Å². The van der Waals surface area contributed by atoms with E-state index < -0.39 is 6.04 Å². The Kier molecular flexibility index (Phi) is 4.67. The van der Waals surface area contributed by atoms with Gasteiger partial charge >= 0.3 is 0 Å². The predicted molar refractivity (Wildman–Crippen MR) is 107 cm³/mol. The van der Waals surface area contributed by atoms with Crippen molar-refractivity contribution in [2.24, 2.45) is 0 Å². The molecule has 4 aliphatic rings. The van der Waals surface area contributed by atoms with Crippen molar-refractivity contribution >= 4 is 17.7 Å². The lowest BCUT2D eigenvalue weighted by molar-refractivity contribution is -0.136. The Labute approximate surface area is 170 Å². The van der Waals surface area contributed by atoms with Crippen molar-refractivity contribution in [1.29, 1.82) is 0 Å². The van der Waals surface area contributed by atoms with Gasteiger partial charge in [-0.15, -0.1) is 0 Å². The lowest BCUT2D eigenvalue weighted by atomic mass is 9.90. The van der Waals surface area contributed by atoms with Crippen molar-refractivity contribution in [2.75, 3.05) is 6.54 Å². The zero-order valence-corrected chi connectivity index (χ0v) is 16.6. The summed E-state index contributed by atoms with van der Waals surface area (Å²) in [4.78, 5) is 38.2. The molecular formula is C22H28N4O3. The van der Waals surface area contributed by atoms with Gasteiger partial charge in [0.2, 0.25) is 11.8 Å². The molecule has 7 heteroatoms. The molecular weight excluding hydrogens is 368 g/mol. The summed E-state index contributed by atoms with van der Waals surface area (Å²) in [7, 11) is 0. The van der Waals surface area contributed by atoms with Crippen molar-refractivity contribution in [2.45, 2.75) is 75.7 Å². The fraction of sp³-hybridized carbons (Fsp3) is 0.591. The standard InChI is InChI=1S/C22H28N4O3/c27-19-6-5-17(20(28)25-19)26-13-15-4-3-14(11-16(15)21(26)29)12-23-18-7-10-24-22(18)8-1-2-9-22/h3-4,11,17-18,23-24H,1-2,5-10,12-13H2,(H,25,27,28). The van der Waals surface area contributed by atoms with E-state index in [0.29, 0.717) is 24.6 Å². The molecule has 1 spiro atoms. The molecule has 2 saturated heterocycles. The normalized spacial score (nSPS) is 28.3. The smallest absolute Gasteiger partial charge is 0.255 e. The fourth-order valence-corrected chi connectivity index (χ4v) is 5.65. The summed E-state index contributed by atoms with van der Waals surface area (Å²) < 4.78 is 0. The van der Waals surface area contributed by atoms with Crippen LogP contribution >= 0.6 is 0 Å². The maximum atomic E-state index is 13.0. The van der Waals surface area contributed by atoms with Crippen LogP contribution in [0.5, 0.6) is 0 Å². The quantitative estimate of drug-likeness (QED) is 0.666. The highest BCUT2D eigenvalue weighted by molar-refractivity contribution is 6.05. The summed E-state index contributed by atoms with van der Waals surface area (Å²) in [6.45, 7) is 2.25. The SMILES string of the molecule is O=C1CCC(N2Cc3ccc(CNC4CCNC45CCCC5)cc3C2=O)C(=O)N1. The molecule has 7 nitrogen and oxygen atoms in total. The Bertz CT molecular complexity index is 856.